The van der Waals surface area contributed by atoms with Crippen molar-refractivity contribution in [1.82, 2.24) is 24.7 Å². The van der Waals surface area contributed by atoms with Crippen LogP contribution in [-0.2, 0) is 10.0 Å². The molecule has 1 aliphatic heterocycles. The van der Waals surface area contributed by atoms with Gasteiger partial charge in [-0.05, 0) is 43.7 Å². The van der Waals surface area contributed by atoms with Gasteiger partial charge in [0, 0.05) is 50.5 Å². The van der Waals surface area contributed by atoms with E-state index in [1.54, 1.807) is 18.3 Å². The number of aromatic amines is 1. The fraction of sp³-hybridized carbons (Fsp3) is 0.364. The molecule has 9 nitrogen and oxygen atoms in total. The monoisotopic (exact) mass is 454 g/mol. The fourth-order valence-electron chi connectivity index (χ4n) is 4.18. The van der Waals surface area contributed by atoms with Crippen LogP contribution in [0, 0.1) is 0 Å². The maximum absolute atomic E-state index is 12.6. The van der Waals surface area contributed by atoms with Gasteiger partial charge >= 0.3 is 0 Å². The maximum Gasteiger partial charge on any atom is 0.242 e. The molecule has 3 aromatic heterocycles. The maximum atomic E-state index is 12.6. The Morgan fingerprint density at radius 2 is 1.84 bits per heavy atom. The van der Waals surface area contributed by atoms with Crippen LogP contribution in [0.5, 0.6) is 0 Å². The average Bonchev–Trinajstić information content (AvgIpc) is 3.44. The molecule has 1 fully saturated rings. The Balaban J connectivity index is 1.06. The van der Waals surface area contributed by atoms with E-state index in [0.717, 1.165) is 62.4 Å². The third-order valence-electron chi connectivity index (χ3n) is 5.93. The van der Waals surface area contributed by atoms with Crippen molar-refractivity contribution in [1.29, 1.82) is 0 Å². The Morgan fingerprint density at radius 1 is 1.03 bits per heavy atom. The number of aromatic nitrogens is 3. The first-order chi connectivity index (χ1) is 15.6. The molecule has 0 unspecified atom stereocenters. The molecule has 32 heavy (non-hydrogen) atoms. The first-order valence-corrected chi connectivity index (χ1v) is 12.3. The second-order valence-corrected chi connectivity index (χ2v) is 9.72. The number of fused-ring (bicyclic) bond motifs is 2. The van der Waals surface area contributed by atoms with Gasteiger partial charge in [-0.15, -0.1) is 0 Å². The average molecular weight is 455 g/mol. The number of nitrogens with one attached hydrogen (secondary N) is 2. The van der Waals surface area contributed by atoms with Gasteiger partial charge in [0.25, 0.3) is 0 Å². The molecule has 5 rings (SSSR count). The summed E-state index contributed by atoms with van der Waals surface area (Å²) >= 11 is 0. The summed E-state index contributed by atoms with van der Waals surface area (Å²) in [5, 5.41) is 5.92. The standard InChI is InChI=1S/C22H26N6O3S/c29-32(30,20-16-24-21-18(20)7-5-9-23-21)25-10-3-4-11-27-12-14-28(15-13-27)22-17-6-1-2-8-19(17)31-26-22/h1-2,5-9,16,25H,3-4,10-15H2,(H,23,24). The van der Waals surface area contributed by atoms with Crippen LogP contribution in [0.25, 0.3) is 22.0 Å². The van der Waals surface area contributed by atoms with E-state index in [0.29, 0.717) is 17.6 Å². The Kier molecular flexibility index (Phi) is 5.81. The van der Waals surface area contributed by atoms with Crippen molar-refractivity contribution >= 4 is 37.8 Å². The molecule has 1 aliphatic rings. The molecule has 0 radical (unpaired) electrons. The highest BCUT2D eigenvalue weighted by molar-refractivity contribution is 7.89. The van der Waals surface area contributed by atoms with Crippen molar-refractivity contribution in [2.45, 2.75) is 17.7 Å². The molecule has 0 saturated carbocycles. The Morgan fingerprint density at radius 3 is 2.72 bits per heavy atom. The number of hydrogen-bond donors (Lipinski definition) is 2. The molecule has 0 aliphatic carbocycles. The number of para-hydroxylation sites is 1. The summed E-state index contributed by atoms with van der Waals surface area (Å²) in [4.78, 5) is 12.0. The minimum atomic E-state index is -3.56. The quantitative estimate of drug-likeness (QED) is 0.394. The predicted molar refractivity (Wildman–Crippen MR) is 123 cm³/mol. The highest BCUT2D eigenvalue weighted by atomic mass is 32.2. The van der Waals surface area contributed by atoms with Gasteiger partial charge in [0.05, 0.1) is 5.39 Å². The summed E-state index contributed by atoms with van der Waals surface area (Å²) in [6, 6.07) is 11.4. The summed E-state index contributed by atoms with van der Waals surface area (Å²) in [6.45, 7) is 5.08. The molecule has 10 heteroatoms. The van der Waals surface area contributed by atoms with Gasteiger partial charge in [-0.1, -0.05) is 17.3 Å². The first-order valence-electron chi connectivity index (χ1n) is 10.9. The molecule has 1 saturated heterocycles. The lowest BCUT2D eigenvalue weighted by molar-refractivity contribution is 0.252. The van der Waals surface area contributed by atoms with Crippen LogP contribution in [-0.4, -0.2) is 67.7 Å². The zero-order valence-corrected chi connectivity index (χ0v) is 18.5. The number of piperazine rings is 1. The summed E-state index contributed by atoms with van der Waals surface area (Å²) in [5.41, 5.74) is 1.39. The van der Waals surface area contributed by atoms with Gasteiger partial charge in [0.15, 0.2) is 11.4 Å². The zero-order valence-electron chi connectivity index (χ0n) is 17.7. The molecule has 4 aromatic rings. The van der Waals surface area contributed by atoms with Crippen molar-refractivity contribution in [2.24, 2.45) is 0 Å². The van der Waals surface area contributed by atoms with Crippen molar-refractivity contribution in [3.05, 3.63) is 48.8 Å². The van der Waals surface area contributed by atoms with Crippen LogP contribution < -0.4 is 9.62 Å². The van der Waals surface area contributed by atoms with Crippen molar-refractivity contribution in [3.8, 4) is 0 Å². The number of nitrogens with zero attached hydrogens (tertiary/aromatic N) is 4. The van der Waals surface area contributed by atoms with E-state index in [4.69, 9.17) is 4.52 Å². The molecule has 4 heterocycles. The minimum Gasteiger partial charge on any atom is -0.354 e. The highest BCUT2D eigenvalue weighted by Crippen LogP contribution is 2.26. The van der Waals surface area contributed by atoms with Crippen LogP contribution in [0.4, 0.5) is 5.82 Å². The molecular formula is C22H26N6O3S. The van der Waals surface area contributed by atoms with Crippen LogP contribution in [0.3, 0.4) is 0 Å². The van der Waals surface area contributed by atoms with Crippen LogP contribution >= 0.6 is 0 Å². The summed E-state index contributed by atoms with van der Waals surface area (Å²) in [7, 11) is -3.56. The zero-order chi connectivity index (χ0) is 22.0. The van der Waals surface area contributed by atoms with E-state index < -0.39 is 10.0 Å². The SMILES string of the molecule is O=S(=O)(NCCCCN1CCN(c2noc3ccccc23)CC1)c1c[nH]c2ncccc12. The highest BCUT2D eigenvalue weighted by Gasteiger charge is 2.22. The fourth-order valence-corrected chi connectivity index (χ4v) is 5.42. The lowest BCUT2D eigenvalue weighted by atomic mass is 10.2. The van der Waals surface area contributed by atoms with E-state index >= 15 is 0 Å². The molecule has 0 atom stereocenters. The number of sulfonamides is 1. The number of pyridine rings is 1. The molecule has 168 valence electrons. The van der Waals surface area contributed by atoms with Crippen LogP contribution in [0.15, 0.2) is 58.2 Å². The number of anilines is 1. The third kappa shape index (κ3) is 4.21. The van der Waals surface area contributed by atoms with E-state index in [-0.39, 0.29) is 4.90 Å². The van der Waals surface area contributed by atoms with Gasteiger partial charge in [0.2, 0.25) is 10.0 Å². The third-order valence-corrected chi connectivity index (χ3v) is 7.43. The summed E-state index contributed by atoms with van der Waals surface area (Å²) in [5.74, 6) is 0.919. The molecule has 0 spiro atoms. The Labute approximate surface area is 186 Å². The second-order valence-electron chi connectivity index (χ2n) is 7.99. The van der Waals surface area contributed by atoms with Crippen LogP contribution in [0.1, 0.15) is 12.8 Å². The van der Waals surface area contributed by atoms with Crippen LogP contribution in [0.2, 0.25) is 0 Å². The van der Waals surface area contributed by atoms with E-state index in [9.17, 15) is 8.42 Å². The van der Waals surface area contributed by atoms with Crippen molar-refractivity contribution < 1.29 is 12.9 Å². The van der Waals surface area contributed by atoms with E-state index in [1.807, 2.05) is 24.3 Å². The topological polar surface area (TPSA) is 107 Å². The largest absolute Gasteiger partial charge is 0.354 e. The lowest BCUT2D eigenvalue weighted by Crippen LogP contribution is -2.46. The molecule has 0 bridgehead atoms. The number of H-pyrrole nitrogens is 1. The smallest absolute Gasteiger partial charge is 0.242 e. The molecule has 1 aromatic carbocycles. The minimum absolute atomic E-state index is 0.247. The second kappa shape index (κ2) is 8.89. The van der Waals surface area contributed by atoms with Gasteiger partial charge in [0.1, 0.15) is 10.5 Å². The number of hydrogen-bond acceptors (Lipinski definition) is 7. The van der Waals surface area contributed by atoms with Crippen molar-refractivity contribution in [3.63, 3.8) is 0 Å². The molecule has 0 amide bonds. The molecule has 2 N–H and O–H groups in total. The summed E-state index contributed by atoms with van der Waals surface area (Å²) in [6.07, 6.45) is 4.85. The van der Waals surface area contributed by atoms with E-state index in [2.05, 4.69) is 29.6 Å². The van der Waals surface area contributed by atoms with Crippen molar-refractivity contribution in [2.75, 3.05) is 44.2 Å². The first kappa shape index (κ1) is 20.9. The lowest BCUT2D eigenvalue weighted by Gasteiger charge is -2.34. The van der Waals surface area contributed by atoms with E-state index in [1.165, 1.54) is 6.20 Å². The normalized spacial score (nSPS) is 15.7. The number of unbranched alkanes of at least 4 members (excludes halogenated alkanes) is 1. The number of rotatable bonds is 8. The van der Waals surface area contributed by atoms with Gasteiger partial charge in [-0.3, -0.25) is 4.90 Å². The Hall–Kier alpha value is -2.95. The van der Waals surface area contributed by atoms with Gasteiger partial charge in [-0.25, -0.2) is 18.1 Å². The Bertz CT molecular complexity index is 1310. The predicted octanol–water partition coefficient (Wildman–Crippen LogP) is 2.58. The van der Waals surface area contributed by atoms with Gasteiger partial charge < -0.3 is 14.4 Å². The number of benzene rings is 1. The van der Waals surface area contributed by atoms with Gasteiger partial charge in [-0.2, -0.15) is 0 Å². The summed E-state index contributed by atoms with van der Waals surface area (Å²) < 4.78 is 33.4. The molecular weight excluding hydrogens is 428 g/mol.